The summed E-state index contributed by atoms with van der Waals surface area (Å²) in [5.74, 6) is -0.950. The normalized spacial score (nSPS) is 20.9. The lowest BCUT2D eigenvalue weighted by Crippen LogP contribution is -2.03. The number of carbonyl (C=O) groups is 1. The van der Waals surface area contributed by atoms with Crippen LogP contribution in [0.4, 0.5) is 0 Å². The van der Waals surface area contributed by atoms with Gasteiger partial charge in [0.1, 0.15) is 11.8 Å². The third kappa shape index (κ3) is 1.37. The van der Waals surface area contributed by atoms with Gasteiger partial charge in [-0.15, -0.1) is 0 Å². The highest BCUT2D eigenvalue weighted by Gasteiger charge is 2.14. The number of hydrogen-bond acceptors (Lipinski definition) is 4. The molecule has 58 valence electrons. The number of nitrogens with zero attached hydrogens (tertiary/aromatic N) is 1. The summed E-state index contributed by atoms with van der Waals surface area (Å²) in [6.07, 6.45) is 2.88. The van der Waals surface area contributed by atoms with E-state index in [1.54, 1.807) is 0 Å². The molecule has 0 aromatic carbocycles. The molecule has 3 N–H and O–H groups in total. The van der Waals surface area contributed by atoms with Gasteiger partial charge in [0, 0.05) is 6.20 Å². The van der Waals surface area contributed by atoms with E-state index in [4.69, 9.17) is 10.8 Å². The van der Waals surface area contributed by atoms with Crippen LogP contribution < -0.4 is 5.73 Å². The molecule has 0 saturated carbocycles. The average Bonchev–Trinajstić information content (AvgIpc) is 2.12. The molecule has 0 spiro atoms. The van der Waals surface area contributed by atoms with E-state index in [2.05, 4.69) is 9.73 Å². The summed E-state index contributed by atoms with van der Waals surface area (Å²) < 4.78 is 4.49. The van der Waals surface area contributed by atoms with Crippen molar-refractivity contribution in [1.29, 1.82) is 0 Å². The second-order valence-electron chi connectivity index (χ2n) is 1.76. The minimum Gasteiger partial charge on any atom is -0.504 e. The lowest BCUT2D eigenvalue weighted by molar-refractivity contribution is -0.114. The van der Waals surface area contributed by atoms with Crippen LogP contribution in [-0.4, -0.2) is 17.4 Å². The lowest BCUT2D eigenvalue weighted by atomic mass is 10.2. The number of nitrogens with two attached hydrogens (primary N) is 1. The number of carbonyl (C=O) groups excluding carboxylic acids is 1. The first-order chi connectivity index (χ1) is 5.25. The minimum absolute atomic E-state index is 0.0706. The van der Waals surface area contributed by atoms with E-state index in [0.717, 1.165) is 18.9 Å². The SMILES string of the molecule is N/C=C1/C(=O)N=COC=C1O. The van der Waals surface area contributed by atoms with Crippen molar-refractivity contribution >= 4 is 12.3 Å². The van der Waals surface area contributed by atoms with Gasteiger partial charge in [0.05, 0.1) is 0 Å². The van der Waals surface area contributed by atoms with Crippen LogP contribution in [0.2, 0.25) is 0 Å². The molecule has 1 rings (SSSR count). The van der Waals surface area contributed by atoms with E-state index in [9.17, 15) is 4.79 Å². The minimum atomic E-state index is -0.626. The molecule has 0 atom stereocenters. The number of aliphatic hydroxyl groups is 1. The molecule has 0 bridgehead atoms. The Morgan fingerprint density at radius 1 is 1.73 bits per heavy atom. The first kappa shape index (κ1) is 7.33. The van der Waals surface area contributed by atoms with E-state index in [1.807, 2.05) is 0 Å². The maximum Gasteiger partial charge on any atom is 0.285 e. The fourth-order valence-electron chi connectivity index (χ4n) is 0.572. The van der Waals surface area contributed by atoms with Crippen molar-refractivity contribution in [2.24, 2.45) is 10.7 Å². The molecule has 0 unspecified atom stereocenters. The summed E-state index contributed by atoms with van der Waals surface area (Å²) in [5.41, 5.74) is 4.97. The number of amides is 1. The van der Waals surface area contributed by atoms with Crippen LogP contribution in [0.5, 0.6) is 0 Å². The fourth-order valence-corrected chi connectivity index (χ4v) is 0.572. The largest absolute Gasteiger partial charge is 0.504 e. The van der Waals surface area contributed by atoms with Gasteiger partial charge in [0.2, 0.25) is 0 Å². The summed E-state index contributed by atoms with van der Waals surface area (Å²) in [4.78, 5) is 14.1. The van der Waals surface area contributed by atoms with Gasteiger partial charge < -0.3 is 15.6 Å². The van der Waals surface area contributed by atoms with E-state index < -0.39 is 5.91 Å². The molecule has 5 nitrogen and oxygen atoms in total. The van der Waals surface area contributed by atoms with E-state index in [-0.39, 0.29) is 11.3 Å². The molecule has 0 aromatic heterocycles. The number of aliphatic hydroxyl groups excluding tert-OH is 1. The molecule has 5 heteroatoms. The molecule has 1 amide bonds. The molecule has 1 aliphatic heterocycles. The van der Waals surface area contributed by atoms with Gasteiger partial charge in [-0.05, 0) is 0 Å². The summed E-state index contributed by atoms with van der Waals surface area (Å²) in [7, 11) is 0. The predicted molar refractivity (Wildman–Crippen MR) is 37.6 cm³/mol. The third-order valence-corrected chi connectivity index (χ3v) is 1.08. The quantitative estimate of drug-likeness (QED) is 0.473. The Morgan fingerprint density at radius 2 is 2.45 bits per heavy atom. The summed E-state index contributed by atoms with van der Waals surface area (Å²) >= 11 is 0. The van der Waals surface area contributed by atoms with Crippen LogP contribution in [-0.2, 0) is 9.53 Å². The van der Waals surface area contributed by atoms with Gasteiger partial charge in [0.15, 0.2) is 12.2 Å². The first-order valence-electron chi connectivity index (χ1n) is 2.79. The standard InChI is InChI=1S/C6H6N2O3/c7-1-4-5(9)2-11-3-8-6(4)10/h1-3,9H,7H2/b4-1+. The molecule has 0 fully saturated rings. The molecule has 0 saturated heterocycles. The number of hydrogen-bond donors (Lipinski definition) is 2. The third-order valence-electron chi connectivity index (χ3n) is 1.08. The van der Waals surface area contributed by atoms with Crippen molar-refractivity contribution in [3.63, 3.8) is 0 Å². The van der Waals surface area contributed by atoms with E-state index in [1.165, 1.54) is 0 Å². The van der Waals surface area contributed by atoms with Gasteiger partial charge in [-0.3, -0.25) is 4.79 Å². The lowest BCUT2D eigenvalue weighted by Gasteiger charge is -1.95. The Hall–Kier alpha value is -1.78. The number of rotatable bonds is 0. The number of ether oxygens (including phenoxy) is 1. The topological polar surface area (TPSA) is 84.9 Å². The van der Waals surface area contributed by atoms with Crippen molar-refractivity contribution in [2.75, 3.05) is 0 Å². The van der Waals surface area contributed by atoms with Crippen LogP contribution in [0, 0.1) is 0 Å². The zero-order chi connectivity index (χ0) is 8.27. The Bertz CT molecular complexity index is 261. The Morgan fingerprint density at radius 3 is 3.09 bits per heavy atom. The molecular weight excluding hydrogens is 148 g/mol. The molecule has 0 radical (unpaired) electrons. The van der Waals surface area contributed by atoms with Crippen molar-refractivity contribution in [2.45, 2.75) is 0 Å². The summed E-state index contributed by atoms with van der Waals surface area (Å²) in [6, 6.07) is 0. The van der Waals surface area contributed by atoms with Crippen molar-refractivity contribution in [3.8, 4) is 0 Å². The van der Waals surface area contributed by atoms with Crippen molar-refractivity contribution < 1.29 is 14.6 Å². The van der Waals surface area contributed by atoms with Gasteiger partial charge >= 0.3 is 0 Å². The van der Waals surface area contributed by atoms with Gasteiger partial charge in [-0.1, -0.05) is 0 Å². The number of aliphatic imine (C=N–C) groups is 1. The van der Waals surface area contributed by atoms with Crippen LogP contribution in [0.15, 0.2) is 28.8 Å². The Balaban J connectivity index is 3.04. The summed E-state index contributed by atoms with van der Waals surface area (Å²) in [6.45, 7) is 0. The Labute approximate surface area is 62.5 Å². The van der Waals surface area contributed by atoms with Crippen LogP contribution in [0.3, 0.4) is 0 Å². The highest BCUT2D eigenvalue weighted by atomic mass is 16.5. The highest BCUT2D eigenvalue weighted by molar-refractivity contribution is 6.01. The second-order valence-corrected chi connectivity index (χ2v) is 1.76. The average molecular weight is 154 g/mol. The van der Waals surface area contributed by atoms with Crippen molar-refractivity contribution in [3.05, 3.63) is 23.8 Å². The van der Waals surface area contributed by atoms with Gasteiger partial charge in [-0.2, -0.15) is 4.99 Å². The van der Waals surface area contributed by atoms with E-state index in [0.29, 0.717) is 0 Å². The maximum atomic E-state index is 10.8. The second kappa shape index (κ2) is 2.87. The van der Waals surface area contributed by atoms with Crippen LogP contribution in [0.1, 0.15) is 0 Å². The Kier molecular flexibility index (Phi) is 1.91. The van der Waals surface area contributed by atoms with Crippen molar-refractivity contribution in [1.82, 2.24) is 0 Å². The molecule has 0 aliphatic carbocycles. The molecule has 0 aromatic rings. The first-order valence-corrected chi connectivity index (χ1v) is 2.79. The zero-order valence-electron chi connectivity index (χ0n) is 5.52. The van der Waals surface area contributed by atoms with E-state index >= 15 is 0 Å². The predicted octanol–water partition coefficient (Wildman–Crippen LogP) is -0.186. The van der Waals surface area contributed by atoms with Gasteiger partial charge in [0.25, 0.3) is 5.91 Å². The summed E-state index contributed by atoms with van der Waals surface area (Å²) in [5, 5.41) is 9.01. The van der Waals surface area contributed by atoms with Crippen LogP contribution in [0.25, 0.3) is 0 Å². The monoisotopic (exact) mass is 154 g/mol. The smallest absolute Gasteiger partial charge is 0.285 e. The van der Waals surface area contributed by atoms with Crippen LogP contribution >= 0.6 is 0 Å². The maximum absolute atomic E-state index is 10.8. The molecular formula is C6H6N2O3. The molecule has 1 heterocycles. The fraction of sp³-hybridized carbons (Fsp3) is 0. The van der Waals surface area contributed by atoms with Gasteiger partial charge in [-0.25, -0.2) is 0 Å². The molecule has 1 aliphatic rings. The molecule has 11 heavy (non-hydrogen) atoms. The highest BCUT2D eigenvalue weighted by Crippen LogP contribution is 2.09. The zero-order valence-corrected chi connectivity index (χ0v) is 5.52.